The SMILES string of the molecule is CC1CC(Nc2cnccc2Cl)CN1Cc1ccccc1. The van der Waals surface area contributed by atoms with Crippen LogP contribution in [0.2, 0.25) is 5.02 Å². The number of hydrogen-bond acceptors (Lipinski definition) is 3. The van der Waals surface area contributed by atoms with Crippen molar-refractivity contribution in [3.8, 4) is 0 Å². The molecule has 0 saturated carbocycles. The Kier molecular flexibility index (Phi) is 4.42. The highest BCUT2D eigenvalue weighted by Gasteiger charge is 2.29. The number of likely N-dealkylation sites (tertiary alicyclic amines) is 1. The second kappa shape index (κ2) is 6.46. The molecular formula is C17H20ClN3. The van der Waals surface area contributed by atoms with Gasteiger partial charge >= 0.3 is 0 Å². The first-order valence-electron chi connectivity index (χ1n) is 7.36. The number of hydrogen-bond donors (Lipinski definition) is 1. The maximum absolute atomic E-state index is 6.19. The van der Waals surface area contributed by atoms with Gasteiger partial charge in [0.25, 0.3) is 0 Å². The van der Waals surface area contributed by atoms with Gasteiger partial charge in [-0.05, 0) is 25.0 Å². The van der Waals surface area contributed by atoms with Crippen molar-refractivity contribution in [1.29, 1.82) is 0 Å². The minimum Gasteiger partial charge on any atom is -0.379 e. The molecule has 0 aliphatic carbocycles. The largest absolute Gasteiger partial charge is 0.379 e. The Morgan fingerprint density at radius 1 is 1.29 bits per heavy atom. The van der Waals surface area contributed by atoms with E-state index in [1.807, 2.05) is 6.07 Å². The van der Waals surface area contributed by atoms with Gasteiger partial charge in [0.2, 0.25) is 0 Å². The van der Waals surface area contributed by atoms with Gasteiger partial charge in [-0.2, -0.15) is 0 Å². The number of nitrogens with zero attached hydrogens (tertiary/aromatic N) is 2. The van der Waals surface area contributed by atoms with Crippen LogP contribution < -0.4 is 5.32 Å². The molecule has 1 aromatic carbocycles. The summed E-state index contributed by atoms with van der Waals surface area (Å²) in [7, 11) is 0. The predicted molar refractivity (Wildman–Crippen MR) is 87.6 cm³/mol. The van der Waals surface area contributed by atoms with Crippen molar-refractivity contribution in [3.63, 3.8) is 0 Å². The summed E-state index contributed by atoms with van der Waals surface area (Å²) in [6.07, 6.45) is 4.64. The van der Waals surface area contributed by atoms with Crippen LogP contribution in [0.15, 0.2) is 48.8 Å². The fraction of sp³-hybridized carbons (Fsp3) is 0.353. The van der Waals surface area contributed by atoms with E-state index in [9.17, 15) is 0 Å². The first-order valence-corrected chi connectivity index (χ1v) is 7.74. The first-order chi connectivity index (χ1) is 10.2. The third-order valence-electron chi connectivity index (χ3n) is 4.06. The fourth-order valence-corrected chi connectivity index (χ4v) is 3.10. The molecule has 3 nitrogen and oxygen atoms in total. The van der Waals surface area contributed by atoms with Crippen LogP contribution in [0, 0.1) is 0 Å². The van der Waals surface area contributed by atoms with Gasteiger partial charge in [0.15, 0.2) is 0 Å². The first kappa shape index (κ1) is 14.4. The summed E-state index contributed by atoms with van der Waals surface area (Å²) in [6.45, 7) is 4.32. The van der Waals surface area contributed by atoms with E-state index in [1.165, 1.54) is 5.56 Å². The predicted octanol–water partition coefficient (Wildman–Crippen LogP) is 3.81. The minimum absolute atomic E-state index is 0.422. The summed E-state index contributed by atoms with van der Waals surface area (Å²) < 4.78 is 0. The third-order valence-corrected chi connectivity index (χ3v) is 4.39. The van der Waals surface area contributed by atoms with Crippen LogP contribution in [0.1, 0.15) is 18.9 Å². The monoisotopic (exact) mass is 301 g/mol. The van der Waals surface area contributed by atoms with Gasteiger partial charge in [0, 0.05) is 31.4 Å². The normalized spacial score (nSPS) is 22.4. The molecule has 0 radical (unpaired) electrons. The minimum atomic E-state index is 0.422. The van der Waals surface area contributed by atoms with Crippen molar-refractivity contribution in [2.24, 2.45) is 0 Å². The lowest BCUT2D eigenvalue weighted by Crippen LogP contribution is -2.28. The molecule has 2 aromatic rings. The van der Waals surface area contributed by atoms with Crippen LogP contribution >= 0.6 is 11.6 Å². The number of aromatic nitrogens is 1. The van der Waals surface area contributed by atoms with Crippen molar-refractivity contribution in [2.75, 3.05) is 11.9 Å². The van der Waals surface area contributed by atoms with E-state index in [4.69, 9.17) is 11.6 Å². The molecule has 21 heavy (non-hydrogen) atoms. The van der Waals surface area contributed by atoms with Gasteiger partial charge in [0.1, 0.15) is 0 Å². The standard InChI is InChI=1S/C17H20ClN3/c1-13-9-15(20-17-10-19-8-7-16(17)18)12-21(13)11-14-5-3-2-4-6-14/h2-8,10,13,15,20H,9,11-12H2,1H3. The second-order valence-corrected chi connectivity index (χ2v) is 6.10. The van der Waals surface area contributed by atoms with Gasteiger partial charge < -0.3 is 5.32 Å². The van der Waals surface area contributed by atoms with Crippen molar-refractivity contribution >= 4 is 17.3 Å². The third kappa shape index (κ3) is 3.55. The molecule has 2 unspecified atom stereocenters. The molecule has 0 spiro atoms. The molecule has 1 fully saturated rings. The quantitative estimate of drug-likeness (QED) is 0.931. The van der Waals surface area contributed by atoms with Crippen LogP contribution in [-0.2, 0) is 6.54 Å². The average Bonchev–Trinajstić information content (AvgIpc) is 2.82. The van der Waals surface area contributed by atoms with Crippen molar-refractivity contribution < 1.29 is 0 Å². The van der Waals surface area contributed by atoms with Gasteiger partial charge in [0.05, 0.1) is 16.9 Å². The van der Waals surface area contributed by atoms with E-state index < -0.39 is 0 Å². The highest BCUT2D eigenvalue weighted by Crippen LogP contribution is 2.26. The van der Waals surface area contributed by atoms with E-state index in [0.717, 1.165) is 30.2 Å². The molecular weight excluding hydrogens is 282 g/mol. The van der Waals surface area contributed by atoms with Crippen molar-refractivity contribution in [1.82, 2.24) is 9.88 Å². The van der Waals surface area contributed by atoms with Crippen LogP contribution in [0.4, 0.5) is 5.69 Å². The van der Waals surface area contributed by atoms with E-state index in [2.05, 4.69) is 52.5 Å². The highest BCUT2D eigenvalue weighted by molar-refractivity contribution is 6.33. The molecule has 110 valence electrons. The maximum atomic E-state index is 6.19. The molecule has 1 aliphatic rings. The summed E-state index contributed by atoms with van der Waals surface area (Å²) in [6, 6.07) is 13.4. The summed E-state index contributed by atoms with van der Waals surface area (Å²) in [5.74, 6) is 0. The number of rotatable bonds is 4. The van der Waals surface area contributed by atoms with Crippen LogP contribution in [0.25, 0.3) is 0 Å². The van der Waals surface area contributed by atoms with Crippen LogP contribution in [0.3, 0.4) is 0 Å². The number of nitrogens with one attached hydrogen (secondary N) is 1. The van der Waals surface area contributed by atoms with Crippen LogP contribution in [-0.4, -0.2) is 28.5 Å². The Morgan fingerprint density at radius 3 is 2.86 bits per heavy atom. The van der Waals surface area contributed by atoms with Crippen molar-refractivity contribution in [3.05, 3.63) is 59.4 Å². The molecule has 2 heterocycles. The Hall–Kier alpha value is -1.58. The van der Waals surface area contributed by atoms with E-state index in [-0.39, 0.29) is 0 Å². The Morgan fingerprint density at radius 2 is 2.10 bits per heavy atom. The summed E-state index contributed by atoms with van der Waals surface area (Å²) in [5, 5.41) is 4.25. The Bertz CT molecular complexity index is 588. The molecule has 4 heteroatoms. The lowest BCUT2D eigenvalue weighted by molar-refractivity contribution is 0.259. The maximum Gasteiger partial charge on any atom is 0.0718 e. The molecule has 1 aromatic heterocycles. The highest BCUT2D eigenvalue weighted by atomic mass is 35.5. The number of pyridine rings is 1. The van der Waals surface area contributed by atoms with E-state index >= 15 is 0 Å². The molecule has 0 bridgehead atoms. The molecule has 3 rings (SSSR count). The zero-order valence-electron chi connectivity index (χ0n) is 12.2. The summed E-state index contributed by atoms with van der Waals surface area (Å²) in [5.41, 5.74) is 2.29. The van der Waals surface area contributed by atoms with Gasteiger partial charge in [-0.3, -0.25) is 9.88 Å². The second-order valence-electron chi connectivity index (χ2n) is 5.70. The smallest absolute Gasteiger partial charge is 0.0718 e. The number of benzene rings is 1. The Labute approximate surface area is 131 Å². The molecule has 1 N–H and O–H groups in total. The summed E-state index contributed by atoms with van der Waals surface area (Å²) in [4.78, 5) is 6.64. The topological polar surface area (TPSA) is 28.2 Å². The molecule has 0 amide bonds. The molecule has 1 aliphatic heterocycles. The zero-order chi connectivity index (χ0) is 14.7. The number of anilines is 1. The average molecular weight is 302 g/mol. The lowest BCUT2D eigenvalue weighted by Gasteiger charge is -2.21. The van der Waals surface area contributed by atoms with Crippen LogP contribution in [0.5, 0.6) is 0 Å². The lowest BCUT2D eigenvalue weighted by atomic mass is 10.2. The van der Waals surface area contributed by atoms with Gasteiger partial charge in [-0.1, -0.05) is 41.9 Å². The zero-order valence-corrected chi connectivity index (χ0v) is 12.9. The fourth-order valence-electron chi connectivity index (χ4n) is 2.94. The molecule has 1 saturated heterocycles. The molecule has 2 atom stereocenters. The van der Waals surface area contributed by atoms with Crippen molar-refractivity contribution in [2.45, 2.75) is 32.0 Å². The van der Waals surface area contributed by atoms with Gasteiger partial charge in [-0.25, -0.2) is 0 Å². The van der Waals surface area contributed by atoms with E-state index in [0.29, 0.717) is 12.1 Å². The number of halogens is 1. The van der Waals surface area contributed by atoms with Gasteiger partial charge in [-0.15, -0.1) is 0 Å². The summed E-state index contributed by atoms with van der Waals surface area (Å²) >= 11 is 6.19. The van der Waals surface area contributed by atoms with E-state index in [1.54, 1.807) is 12.4 Å². The Balaban J connectivity index is 1.62.